The molecule has 0 aliphatic carbocycles. The summed E-state index contributed by atoms with van der Waals surface area (Å²) in [4.78, 5) is 19.0. The van der Waals surface area contributed by atoms with E-state index in [0.717, 1.165) is 11.1 Å². The Labute approximate surface area is 163 Å². The molecule has 1 aromatic rings. The predicted octanol–water partition coefficient (Wildman–Crippen LogP) is 2.87. The topological polar surface area (TPSA) is 82.5 Å². The fraction of sp³-hybridized carbons (Fsp3) is 0.526. The van der Waals surface area contributed by atoms with E-state index in [1.54, 1.807) is 13.2 Å². The van der Waals surface area contributed by atoms with Crippen LogP contribution in [0.3, 0.4) is 0 Å². The monoisotopic (exact) mass is 396 g/mol. The van der Waals surface area contributed by atoms with Crippen LogP contribution in [0.25, 0.3) is 5.57 Å². The maximum Gasteiger partial charge on any atom is 0.282 e. The quantitative estimate of drug-likeness (QED) is 0.745. The molecule has 0 saturated carbocycles. The first kappa shape index (κ1) is 20.1. The number of hydrogen-bond donors (Lipinski definition) is 2. The van der Waals surface area contributed by atoms with Gasteiger partial charge in [-0.3, -0.25) is 9.63 Å². The normalized spacial score (nSPS) is 20.2. The Bertz CT molecular complexity index is 748. The van der Waals surface area contributed by atoms with Crippen molar-refractivity contribution in [1.82, 2.24) is 10.1 Å². The molecule has 0 aromatic heterocycles. The molecule has 7 nitrogen and oxygen atoms in total. The Morgan fingerprint density at radius 1 is 1.22 bits per heavy atom. The summed E-state index contributed by atoms with van der Waals surface area (Å²) in [5, 5.41) is 23.8. The molecule has 148 valence electrons. The number of hydrogen-bond acceptors (Lipinski definition) is 6. The maximum absolute atomic E-state index is 13.3. The van der Waals surface area contributed by atoms with Crippen molar-refractivity contribution in [3.63, 3.8) is 0 Å². The zero-order valence-corrected chi connectivity index (χ0v) is 16.5. The van der Waals surface area contributed by atoms with Gasteiger partial charge in [0.2, 0.25) is 0 Å². The van der Waals surface area contributed by atoms with Crippen LogP contribution in [0.2, 0.25) is 5.02 Å². The first-order chi connectivity index (χ1) is 12.8. The highest BCUT2D eigenvalue weighted by Crippen LogP contribution is 2.47. The van der Waals surface area contributed by atoms with Gasteiger partial charge in [-0.15, -0.1) is 0 Å². The van der Waals surface area contributed by atoms with Crippen LogP contribution in [0.15, 0.2) is 17.9 Å². The highest BCUT2D eigenvalue weighted by atomic mass is 35.5. The summed E-state index contributed by atoms with van der Waals surface area (Å²) in [6, 6.07) is 3.70. The molecule has 8 heteroatoms. The number of methoxy groups -OCH3 is 1. The minimum Gasteiger partial charge on any atom is -0.509 e. The van der Waals surface area contributed by atoms with Crippen molar-refractivity contribution in [2.45, 2.75) is 32.2 Å². The molecule has 2 aliphatic heterocycles. The van der Waals surface area contributed by atoms with E-state index in [4.69, 9.17) is 21.2 Å². The highest BCUT2D eigenvalue weighted by Gasteiger charge is 2.55. The Morgan fingerprint density at radius 3 is 2.48 bits per heavy atom. The molecule has 2 heterocycles. The number of hydroxylamine groups is 4. The Hall–Kier alpha value is -1.64. The third-order valence-corrected chi connectivity index (χ3v) is 5.52. The first-order valence-corrected chi connectivity index (χ1v) is 9.30. The summed E-state index contributed by atoms with van der Waals surface area (Å²) < 4.78 is 5.01. The van der Waals surface area contributed by atoms with E-state index in [9.17, 15) is 15.1 Å². The van der Waals surface area contributed by atoms with Gasteiger partial charge < -0.3 is 15.1 Å². The molecule has 2 aliphatic rings. The average Bonchev–Trinajstić information content (AvgIpc) is 2.79. The number of carbonyl (C=O) groups excluding carboxylic acids is 1. The van der Waals surface area contributed by atoms with Crippen LogP contribution in [0, 0.1) is 13.8 Å². The Morgan fingerprint density at radius 2 is 1.89 bits per heavy atom. The zero-order chi connectivity index (χ0) is 19.8. The third kappa shape index (κ3) is 3.46. The molecule has 1 fully saturated rings. The predicted molar refractivity (Wildman–Crippen MR) is 100 cm³/mol. The van der Waals surface area contributed by atoms with Crippen molar-refractivity contribution in [2.75, 3.05) is 33.4 Å². The van der Waals surface area contributed by atoms with Gasteiger partial charge in [0.15, 0.2) is 0 Å². The largest absolute Gasteiger partial charge is 0.509 e. The summed E-state index contributed by atoms with van der Waals surface area (Å²) in [6.45, 7) is 4.90. The van der Waals surface area contributed by atoms with Gasteiger partial charge in [0.25, 0.3) is 5.91 Å². The molecule has 1 amide bonds. The van der Waals surface area contributed by atoms with Crippen LogP contribution in [0.5, 0.6) is 0 Å². The molecular formula is C19H25ClN2O5. The van der Waals surface area contributed by atoms with E-state index in [-0.39, 0.29) is 17.9 Å². The van der Waals surface area contributed by atoms with E-state index in [0.29, 0.717) is 43.1 Å². The molecule has 1 aromatic carbocycles. The van der Waals surface area contributed by atoms with Gasteiger partial charge in [0.05, 0.1) is 18.8 Å². The number of ether oxygens (including phenoxy) is 1. The van der Waals surface area contributed by atoms with Gasteiger partial charge >= 0.3 is 0 Å². The van der Waals surface area contributed by atoms with Gasteiger partial charge in [-0.2, -0.15) is 5.06 Å². The van der Waals surface area contributed by atoms with Gasteiger partial charge in [-0.1, -0.05) is 17.7 Å². The summed E-state index contributed by atoms with van der Waals surface area (Å²) in [7, 11) is 1.55. The number of aliphatic hydroxyl groups is 1. The second-order valence-corrected chi connectivity index (χ2v) is 7.48. The van der Waals surface area contributed by atoms with Crippen molar-refractivity contribution in [3.05, 3.63) is 39.6 Å². The molecule has 1 saturated heterocycles. The number of benzene rings is 1. The minimum atomic E-state index is -1.01. The molecule has 0 bridgehead atoms. The van der Waals surface area contributed by atoms with Crippen LogP contribution < -0.4 is 0 Å². The lowest BCUT2D eigenvalue weighted by atomic mass is 9.85. The van der Waals surface area contributed by atoms with Crippen LogP contribution >= 0.6 is 11.6 Å². The van der Waals surface area contributed by atoms with Gasteiger partial charge in [-0.05, 0) is 43.9 Å². The van der Waals surface area contributed by atoms with E-state index >= 15 is 0 Å². The molecule has 1 spiro atoms. The standard InChI is InChI=1S/C19H25ClN2O5/c1-12-10-13(2)15(14(20)11-12)16-17(23)19(4-6-21(25)7-5-19)22(18(16)24)27-9-8-26-3/h10-11,23,25H,4-9H2,1-3H3. The zero-order valence-electron chi connectivity index (χ0n) is 15.8. The lowest BCUT2D eigenvalue weighted by Crippen LogP contribution is -2.54. The lowest BCUT2D eigenvalue weighted by molar-refractivity contribution is -0.231. The molecule has 0 radical (unpaired) electrons. The number of amides is 1. The number of aryl methyl sites for hydroxylation is 2. The lowest BCUT2D eigenvalue weighted by Gasteiger charge is -2.41. The minimum absolute atomic E-state index is 0.0492. The summed E-state index contributed by atoms with van der Waals surface area (Å²) in [6.07, 6.45) is 0.695. The maximum atomic E-state index is 13.3. The highest BCUT2D eigenvalue weighted by molar-refractivity contribution is 6.35. The fourth-order valence-electron chi connectivity index (χ4n) is 3.88. The van der Waals surface area contributed by atoms with Crippen LogP contribution in [0.4, 0.5) is 0 Å². The third-order valence-electron chi connectivity index (χ3n) is 5.22. The molecule has 27 heavy (non-hydrogen) atoms. The summed E-state index contributed by atoms with van der Waals surface area (Å²) in [5.74, 6) is -0.476. The number of halogens is 1. The van der Waals surface area contributed by atoms with Gasteiger partial charge in [0, 0.05) is 30.8 Å². The Balaban J connectivity index is 2.08. The second kappa shape index (κ2) is 7.77. The average molecular weight is 397 g/mol. The van der Waals surface area contributed by atoms with E-state index in [2.05, 4.69) is 0 Å². The SMILES string of the molecule is COCCON1C(=O)C(c2c(C)cc(C)cc2Cl)=C(O)C12CCN(O)CC2. The number of nitrogens with zero attached hydrogens (tertiary/aromatic N) is 2. The number of piperidine rings is 1. The van der Waals surface area contributed by atoms with Crippen molar-refractivity contribution >= 4 is 23.1 Å². The van der Waals surface area contributed by atoms with E-state index in [1.807, 2.05) is 19.9 Å². The smallest absolute Gasteiger partial charge is 0.282 e. The van der Waals surface area contributed by atoms with Crippen molar-refractivity contribution in [1.29, 1.82) is 0 Å². The van der Waals surface area contributed by atoms with E-state index < -0.39 is 11.4 Å². The number of aliphatic hydroxyl groups excluding tert-OH is 1. The number of rotatable bonds is 5. The van der Waals surface area contributed by atoms with Crippen LogP contribution in [-0.4, -0.2) is 65.3 Å². The van der Waals surface area contributed by atoms with Gasteiger partial charge in [-0.25, -0.2) is 5.06 Å². The Kier molecular flexibility index (Phi) is 5.79. The molecular weight excluding hydrogens is 372 g/mol. The van der Waals surface area contributed by atoms with Crippen molar-refractivity contribution in [2.24, 2.45) is 0 Å². The van der Waals surface area contributed by atoms with E-state index in [1.165, 1.54) is 10.1 Å². The van der Waals surface area contributed by atoms with Gasteiger partial charge in [0.1, 0.15) is 11.3 Å². The van der Waals surface area contributed by atoms with Crippen molar-refractivity contribution in [3.8, 4) is 0 Å². The molecule has 0 atom stereocenters. The number of carbonyl (C=O) groups is 1. The van der Waals surface area contributed by atoms with Crippen LogP contribution in [0.1, 0.15) is 29.5 Å². The second-order valence-electron chi connectivity index (χ2n) is 7.07. The molecule has 3 rings (SSSR count). The first-order valence-electron chi connectivity index (χ1n) is 8.93. The fourth-order valence-corrected chi connectivity index (χ4v) is 4.30. The van der Waals surface area contributed by atoms with Crippen molar-refractivity contribution < 1.29 is 24.7 Å². The summed E-state index contributed by atoms with van der Waals surface area (Å²) in [5.41, 5.74) is 1.46. The van der Waals surface area contributed by atoms with Crippen LogP contribution in [-0.2, 0) is 14.4 Å². The molecule has 2 N–H and O–H groups in total. The summed E-state index contributed by atoms with van der Waals surface area (Å²) >= 11 is 6.45. The molecule has 0 unspecified atom stereocenters.